The normalized spacial score (nSPS) is 11.3. The molecule has 0 amide bonds. The number of rotatable bonds is 9. The van der Waals surface area contributed by atoms with Crippen LogP contribution in [0.25, 0.3) is 0 Å². The fraction of sp³-hybridized carbons (Fsp3) is 0.450. The van der Waals surface area contributed by atoms with Crippen molar-refractivity contribution in [1.82, 2.24) is 19.9 Å². The number of hydrogen-bond acceptors (Lipinski definition) is 6. The molecule has 0 aliphatic heterocycles. The van der Waals surface area contributed by atoms with Crippen LogP contribution in [0.4, 0.5) is 0 Å². The van der Waals surface area contributed by atoms with Gasteiger partial charge >= 0.3 is 0 Å². The van der Waals surface area contributed by atoms with Gasteiger partial charge in [-0.05, 0) is 37.0 Å². The fourth-order valence-corrected chi connectivity index (χ4v) is 3.51. The molecule has 6 nitrogen and oxygen atoms in total. The third kappa shape index (κ3) is 5.35. The lowest BCUT2D eigenvalue weighted by Gasteiger charge is -2.13. The van der Waals surface area contributed by atoms with Gasteiger partial charge in [0.05, 0.1) is 11.4 Å². The summed E-state index contributed by atoms with van der Waals surface area (Å²) in [5.74, 6) is 3.68. The molecule has 0 N–H and O–H groups in total. The second-order valence-electron chi connectivity index (χ2n) is 6.91. The van der Waals surface area contributed by atoms with E-state index in [-0.39, 0.29) is 0 Å². The first-order valence-electron chi connectivity index (χ1n) is 9.24. The summed E-state index contributed by atoms with van der Waals surface area (Å²) in [7, 11) is 0. The minimum Gasteiger partial charge on any atom is -0.486 e. The molecule has 2 aromatic heterocycles. The molecule has 0 atom stereocenters. The first-order chi connectivity index (χ1) is 13.0. The molecule has 0 aliphatic carbocycles. The van der Waals surface area contributed by atoms with Gasteiger partial charge in [-0.15, -0.1) is 10.2 Å². The Balaban J connectivity index is 1.68. The Kier molecular flexibility index (Phi) is 6.55. The number of benzene rings is 1. The summed E-state index contributed by atoms with van der Waals surface area (Å²) in [4.78, 5) is 0. The minimum atomic E-state index is 0.396. The number of thioether (sulfide) groups is 1. The molecule has 0 saturated carbocycles. The van der Waals surface area contributed by atoms with E-state index >= 15 is 0 Å². The maximum absolute atomic E-state index is 5.93. The summed E-state index contributed by atoms with van der Waals surface area (Å²) >= 11 is 1.60. The second-order valence-corrected chi connectivity index (χ2v) is 7.86. The van der Waals surface area contributed by atoms with Crippen LogP contribution in [0.2, 0.25) is 0 Å². The average Bonchev–Trinajstić information content (AvgIpc) is 3.24. The Morgan fingerprint density at radius 1 is 1.19 bits per heavy atom. The van der Waals surface area contributed by atoms with E-state index in [2.05, 4.69) is 52.8 Å². The van der Waals surface area contributed by atoms with Crippen LogP contribution in [0.15, 0.2) is 40.0 Å². The van der Waals surface area contributed by atoms with Crippen LogP contribution in [-0.2, 0) is 25.3 Å². The topological polar surface area (TPSA) is 66.0 Å². The zero-order valence-corrected chi connectivity index (χ0v) is 17.1. The van der Waals surface area contributed by atoms with Crippen LogP contribution >= 0.6 is 11.8 Å². The van der Waals surface area contributed by atoms with E-state index in [0.29, 0.717) is 18.3 Å². The van der Waals surface area contributed by atoms with Gasteiger partial charge in [-0.2, -0.15) is 0 Å². The molecule has 0 spiro atoms. The van der Waals surface area contributed by atoms with Crippen molar-refractivity contribution in [3.8, 4) is 5.75 Å². The van der Waals surface area contributed by atoms with Gasteiger partial charge in [-0.25, -0.2) is 0 Å². The molecule has 0 unspecified atom stereocenters. The predicted molar refractivity (Wildman–Crippen MR) is 106 cm³/mol. The number of ether oxygens (including phenoxy) is 1. The summed E-state index contributed by atoms with van der Waals surface area (Å²) in [5.41, 5.74) is 2.18. The van der Waals surface area contributed by atoms with Gasteiger partial charge in [-0.1, -0.05) is 49.8 Å². The lowest BCUT2D eigenvalue weighted by Crippen LogP contribution is -2.12. The number of aryl methyl sites for hydroxylation is 2. The monoisotopic (exact) mass is 386 g/mol. The number of hydrogen-bond donors (Lipinski definition) is 0. The van der Waals surface area contributed by atoms with Crippen molar-refractivity contribution in [2.24, 2.45) is 5.92 Å². The first-order valence-corrected chi connectivity index (χ1v) is 10.2. The van der Waals surface area contributed by atoms with Crippen LogP contribution < -0.4 is 4.74 Å². The molecule has 0 radical (unpaired) electrons. The van der Waals surface area contributed by atoms with E-state index in [1.54, 1.807) is 11.8 Å². The van der Waals surface area contributed by atoms with Crippen molar-refractivity contribution < 1.29 is 9.26 Å². The van der Waals surface area contributed by atoms with Crippen LogP contribution in [-0.4, -0.2) is 19.9 Å². The van der Waals surface area contributed by atoms with Gasteiger partial charge in [0.25, 0.3) is 0 Å². The Bertz CT molecular complexity index is 855. The molecule has 27 heavy (non-hydrogen) atoms. The third-order valence-electron chi connectivity index (χ3n) is 4.06. The van der Waals surface area contributed by atoms with Crippen molar-refractivity contribution in [2.45, 2.75) is 58.2 Å². The maximum Gasteiger partial charge on any atom is 0.191 e. The van der Waals surface area contributed by atoms with Crippen molar-refractivity contribution in [3.63, 3.8) is 0 Å². The lowest BCUT2D eigenvalue weighted by atomic mass is 10.2. The molecule has 7 heteroatoms. The molecule has 3 aromatic rings. The van der Waals surface area contributed by atoms with E-state index in [0.717, 1.165) is 41.2 Å². The van der Waals surface area contributed by atoms with Crippen molar-refractivity contribution in [3.05, 3.63) is 53.2 Å². The zero-order valence-electron chi connectivity index (χ0n) is 16.3. The zero-order chi connectivity index (χ0) is 19.2. The van der Waals surface area contributed by atoms with E-state index in [1.165, 1.54) is 5.56 Å². The molecule has 0 fully saturated rings. The Labute approximate surface area is 164 Å². The summed E-state index contributed by atoms with van der Waals surface area (Å²) in [6.45, 7) is 9.67. The fourth-order valence-electron chi connectivity index (χ4n) is 2.67. The molecule has 3 rings (SSSR count). The second kappa shape index (κ2) is 9.08. The van der Waals surface area contributed by atoms with Gasteiger partial charge in [0.2, 0.25) is 0 Å². The molecule has 144 valence electrons. The summed E-state index contributed by atoms with van der Waals surface area (Å²) in [5, 5.41) is 13.5. The molecular formula is C20H26N4O2S. The highest BCUT2D eigenvalue weighted by atomic mass is 32.2. The smallest absolute Gasteiger partial charge is 0.191 e. The molecule has 1 aromatic carbocycles. The minimum absolute atomic E-state index is 0.396. The highest BCUT2D eigenvalue weighted by molar-refractivity contribution is 7.98. The number of nitrogens with zero attached hydrogens (tertiary/aromatic N) is 4. The SMILES string of the molecule is CCc1ccc(OCc2nnc(SCc3cc(C)no3)n2CC(C)C)cc1. The number of aromatic nitrogens is 4. The maximum atomic E-state index is 5.93. The van der Waals surface area contributed by atoms with Crippen LogP contribution in [0, 0.1) is 12.8 Å². The van der Waals surface area contributed by atoms with Crippen molar-refractivity contribution in [2.75, 3.05) is 0 Å². The first kappa shape index (κ1) is 19.5. The Hall–Kier alpha value is -2.28. The van der Waals surface area contributed by atoms with Crippen LogP contribution in [0.1, 0.15) is 43.6 Å². The summed E-state index contributed by atoms with van der Waals surface area (Å²) in [6.07, 6.45) is 1.02. The van der Waals surface area contributed by atoms with E-state index in [1.807, 2.05) is 25.1 Å². The predicted octanol–water partition coefficient (Wildman–Crippen LogP) is 4.66. The van der Waals surface area contributed by atoms with E-state index in [4.69, 9.17) is 9.26 Å². The van der Waals surface area contributed by atoms with Crippen LogP contribution in [0.5, 0.6) is 5.75 Å². The molecule has 0 aliphatic rings. The largest absolute Gasteiger partial charge is 0.486 e. The van der Waals surface area contributed by atoms with Gasteiger partial charge < -0.3 is 13.8 Å². The molecule has 0 bridgehead atoms. The van der Waals surface area contributed by atoms with E-state index < -0.39 is 0 Å². The average molecular weight is 387 g/mol. The van der Waals surface area contributed by atoms with Crippen LogP contribution in [0.3, 0.4) is 0 Å². The standard InChI is InChI=1S/C20H26N4O2S/c1-5-16-6-8-17(9-7-16)25-12-19-21-22-20(24(19)11-14(2)3)27-13-18-10-15(4)23-26-18/h6-10,14H,5,11-13H2,1-4H3. The Morgan fingerprint density at radius 3 is 2.59 bits per heavy atom. The molecule has 0 saturated heterocycles. The van der Waals surface area contributed by atoms with Gasteiger partial charge in [0, 0.05) is 12.6 Å². The lowest BCUT2D eigenvalue weighted by molar-refractivity contribution is 0.284. The van der Waals surface area contributed by atoms with Crippen molar-refractivity contribution in [1.29, 1.82) is 0 Å². The highest BCUT2D eigenvalue weighted by Gasteiger charge is 2.15. The highest BCUT2D eigenvalue weighted by Crippen LogP contribution is 2.24. The van der Waals surface area contributed by atoms with Gasteiger partial charge in [0.1, 0.15) is 18.1 Å². The summed E-state index contributed by atoms with van der Waals surface area (Å²) in [6, 6.07) is 10.1. The van der Waals surface area contributed by atoms with Crippen molar-refractivity contribution >= 4 is 11.8 Å². The quantitative estimate of drug-likeness (QED) is 0.498. The van der Waals surface area contributed by atoms with Gasteiger partial charge in [0.15, 0.2) is 11.0 Å². The Morgan fingerprint density at radius 2 is 1.96 bits per heavy atom. The van der Waals surface area contributed by atoms with Gasteiger partial charge in [-0.3, -0.25) is 0 Å². The van der Waals surface area contributed by atoms with E-state index in [9.17, 15) is 0 Å². The summed E-state index contributed by atoms with van der Waals surface area (Å²) < 4.78 is 13.4. The molecular weight excluding hydrogens is 360 g/mol. The molecule has 2 heterocycles. The third-order valence-corrected chi connectivity index (χ3v) is 5.05.